The smallest absolute Gasteiger partial charge is 0.317 e. The van der Waals surface area contributed by atoms with Gasteiger partial charge in [-0.3, -0.25) is 4.79 Å². The molecule has 1 atom stereocenters. The highest BCUT2D eigenvalue weighted by atomic mass is 16.5. The molecule has 1 aromatic rings. The first-order valence-electron chi connectivity index (χ1n) is 9.41. The zero-order valence-electron chi connectivity index (χ0n) is 16.0. The van der Waals surface area contributed by atoms with Crippen molar-refractivity contribution in [2.24, 2.45) is 5.41 Å². The minimum Gasteiger partial charge on any atom is -0.497 e. The first-order chi connectivity index (χ1) is 12.4. The molecule has 2 aliphatic heterocycles. The summed E-state index contributed by atoms with van der Waals surface area (Å²) in [6.07, 6.45) is 2.60. The van der Waals surface area contributed by atoms with E-state index in [4.69, 9.17) is 4.74 Å². The molecule has 0 bridgehead atoms. The molecular weight excluding hydrogens is 330 g/mol. The van der Waals surface area contributed by atoms with E-state index in [-0.39, 0.29) is 18.0 Å². The van der Waals surface area contributed by atoms with Crippen LogP contribution in [0, 0.1) is 5.41 Å². The van der Waals surface area contributed by atoms with E-state index in [2.05, 4.69) is 5.32 Å². The van der Waals surface area contributed by atoms with Gasteiger partial charge in [0.05, 0.1) is 12.5 Å². The molecule has 2 saturated heterocycles. The molecule has 1 N–H and O–H groups in total. The first kappa shape index (κ1) is 18.5. The van der Waals surface area contributed by atoms with Crippen LogP contribution < -0.4 is 10.1 Å². The number of nitrogens with one attached hydrogen (secondary N) is 1. The van der Waals surface area contributed by atoms with E-state index >= 15 is 0 Å². The highest BCUT2D eigenvalue weighted by molar-refractivity contribution is 5.86. The molecule has 3 rings (SSSR count). The molecule has 1 spiro atoms. The van der Waals surface area contributed by atoms with Crippen molar-refractivity contribution < 1.29 is 14.3 Å². The molecule has 2 fully saturated rings. The molecule has 142 valence electrons. The number of methoxy groups -OCH3 is 1. The zero-order valence-corrected chi connectivity index (χ0v) is 16.0. The molecule has 26 heavy (non-hydrogen) atoms. The van der Waals surface area contributed by atoms with E-state index in [1.54, 1.807) is 12.0 Å². The van der Waals surface area contributed by atoms with Crippen LogP contribution in [0.1, 0.15) is 38.7 Å². The van der Waals surface area contributed by atoms with Crippen LogP contribution in [0.15, 0.2) is 24.3 Å². The molecule has 6 heteroatoms. The summed E-state index contributed by atoms with van der Waals surface area (Å²) in [5, 5.41) is 2.93. The van der Waals surface area contributed by atoms with Crippen LogP contribution in [0.2, 0.25) is 0 Å². The largest absolute Gasteiger partial charge is 0.497 e. The number of likely N-dealkylation sites (tertiary alicyclic amines) is 2. The Bertz CT molecular complexity index is 676. The van der Waals surface area contributed by atoms with Gasteiger partial charge in [0.25, 0.3) is 0 Å². The van der Waals surface area contributed by atoms with Crippen molar-refractivity contribution in [2.75, 3.05) is 26.7 Å². The average molecular weight is 359 g/mol. The second-order valence-electron chi connectivity index (χ2n) is 7.74. The number of amides is 3. The van der Waals surface area contributed by atoms with Crippen molar-refractivity contribution in [1.29, 1.82) is 0 Å². The van der Waals surface area contributed by atoms with Crippen molar-refractivity contribution in [3.63, 3.8) is 0 Å². The van der Waals surface area contributed by atoms with Crippen molar-refractivity contribution in [2.45, 2.75) is 45.7 Å². The van der Waals surface area contributed by atoms with Gasteiger partial charge < -0.3 is 19.9 Å². The van der Waals surface area contributed by atoms with Gasteiger partial charge in [0, 0.05) is 32.2 Å². The van der Waals surface area contributed by atoms with Gasteiger partial charge in [-0.25, -0.2) is 4.79 Å². The predicted octanol–water partition coefficient (Wildman–Crippen LogP) is 2.63. The van der Waals surface area contributed by atoms with Crippen LogP contribution >= 0.6 is 0 Å². The molecule has 0 unspecified atom stereocenters. The third-order valence-corrected chi connectivity index (χ3v) is 5.38. The third kappa shape index (κ3) is 3.79. The minimum absolute atomic E-state index is 0.0606. The number of carbonyl (C=O) groups is 2. The van der Waals surface area contributed by atoms with Gasteiger partial charge in [-0.2, -0.15) is 0 Å². The Balaban J connectivity index is 1.68. The van der Waals surface area contributed by atoms with E-state index in [9.17, 15) is 9.59 Å². The lowest BCUT2D eigenvalue weighted by atomic mass is 9.78. The lowest BCUT2D eigenvalue weighted by Crippen LogP contribution is -2.51. The zero-order chi connectivity index (χ0) is 18.7. The fourth-order valence-corrected chi connectivity index (χ4v) is 4.06. The number of benzene rings is 1. The number of piperidine rings is 1. The number of rotatable bonds is 4. The van der Waals surface area contributed by atoms with Crippen molar-refractivity contribution >= 4 is 11.9 Å². The fraction of sp³-hybridized carbons (Fsp3) is 0.600. The number of nitrogens with zero attached hydrogens (tertiary/aromatic N) is 2. The third-order valence-electron chi connectivity index (χ3n) is 5.38. The standard InChI is InChI=1S/C20H29N3O3/c1-15(2)21-19(25)23-11-9-20(14-23)8-5-10-22(18(20)24)13-16-6-4-7-17(12-16)26-3/h4,6-7,12,15H,5,8-11,13-14H2,1-3H3,(H,21,25)/t20-/m0/s1. The molecule has 0 radical (unpaired) electrons. The number of urea groups is 1. The van der Waals surface area contributed by atoms with Gasteiger partial charge in [-0.05, 0) is 50.8 Å². The summed E-state index contributed by atoms with van der Waals surface area (Å²) < 4.78 is 5.28. The van der Waals surface area contributed by atoms with E-state index in [1.165, 1.54) is 0 Å². The summed E-state index contributed by atoms with van der Waals surface area (Å²) in [5.41, 5.74) is 0.660. The summed E-state index contributed by atoms with van der Waals surface area (Å²) in [5.74, 6) is 0.991. The van der Waals surface area contributed by atoms with Crippen LogP contribution in [-0.2, 0) is 11.3 Å². The van der Waals surface area contributed by atoms with Crippen LogP contribution in [0.4, 0.5) is 4.79 Å². The van der Waals surface area contributed by atoms with Crippen LogP contribution in [-0.4, -0.2) is 54.5 Å². The number of hydrogen-bond donors (Lipinski definition) is 1. The molecule has 2 heterocycles. The lowest BCUT2D eigenvalue weighted by Gasteiger charge is -2.39. The lowest BCUT2D eigenvalue weighted by molar-refractivity contribution is -0.146. The van der Waals surface area contributed by atoms with Gasteiger partial charge in [-0.1, -0.05) is 12.1 Å². The maximum absolute atomic E-state index is 13.2. The molecule has 1 aromatic carbocycles. The Morgan fingerprint density at radius 3 is 2.85 bits per heavy atom. The Morgan fingerprint density at radius 2 is 2.12 bits per heavy atom. The maximum Gasteiger partial charge on any atom is 0.317 e. The average Bonchev–Trinajstić information content (AvgIpc) is 3.04. The monoisotopic (exact) mass is 359 g/mol. The Morgan fingerprint density at radius 1 is 1.31 bits per heavy atom. The van der Waals surface area contributed by atoms with E-state index in [1.807, 2.05) is 43.0 Å². The maximum atomic E-state index is 13.2. The van der Waals surface area contributed by atoms with Gasteiger partial charge in [0.1, 0.15) is 5.75 Å². The van der Waals surface area contributed by atoms with Gasteiger partial charge in [0.2, 0.25) is 5.91 Å². The molecule has 0 saturated carbocycles. The molecule has 3 amide bonds. The minimum atomic E-state index is -0.411. The van der Waals surface area contributed by atoms with Gasteiger partial charge in [0.15, 0.2) is 0 Å². The van der Waals surface area contributed by atoms with E-state index < -0.39 is 5.41 Å². The number of carbonyl (C=O) groups excluding carboxylic acids is 2. The fourth-order valence-electron chi connectivity index (χ4n) is 4.06. The van der Waals surface area contributed by atoms with E-state index in [0.29, 0.717) is 19.6 Å². The highest BCUT2D eigenvalue weighted by Crippen LogP contribution is 2.40. The number of hydrogen-bond acceptors (Lipinski definition) is 3. The summed E-state index contributed by atoms with van der Waals surface area (Å²) in [4.78, 5) is 29.3. The number of ether oxygens (including phenoxy) is 1. The normalized spacial score (nSPS) is 23.0. The Hall–Kier alpha value is -2.24. The molecular formula is C20H29N3O3. The van der Waals surface area contributed by atoms with Crippen LogP contribution in [0.3, 0.4) is 0 Å². The molecule has 0 aliphatic carbocycles. The van der Waals surface area contributed by atoms with Crippen LogP contribution in [0.5, 0.6) is 5.75 Å². The van der Waals surface area contributed by atoms with Crippen LogP contribution in [0.25, 0.3) is 0 Å². The Labute approximate surface area is 155 Å². The van der Waals surface area contributed by atoms with Crippen molar-refractivity contribution in [3.8, 4) is 5.75 Å². The predicted molar refractivity (Wildman–Crippen MR) is 99.9 cm³/mol. The molecule has 2 aliphatic rings. The SMILES string of the molecule is COc1cccc(CN2CCC[C@@]3(CCN(C(=O)NC(C)C)C3)C2=O)c1. The first-order valence-corrected chi connectivity index (χ1v) is 9.41. The highest BCUT2D eigenvalue weighted by Gasteiger charge is 2.49. The molecule has 0 aromatic heterocycles. The van der Waals surface area contributed by atoms with E-state index in [0.717, 1.165) is 37.1 Å². The summed E-state index contributed by atoms with van der Waals surface area (Å²) in [6.45, 7) is 6.44. The van der Waals surface area contributed by atoms with Gasteiger partial charge >= 0.3 is 6.03 Å². The summed E-state index contributed by atoms with van der Waals surface area (Å²) in [6, 6.07) is 7.90. The molecule has 6 nitrogen and oxygen atoms in total. The second kappa shape index (κ2) is 7.56. The van der Waals surface area contributed by atoms with Crippen molar-refractivity contribution in [3.05, 3.63) is 29.8 Å². The van der Waals surface area contributed by atoms with Crippen molar-refractivity contribution in [1.82, 2.24) is 15.1 Å². The summed E-state index contributed by atoms with van der Waals surface area (Å²) in [7, 11) is 1.65. The topological polar surface area (TPSA) is 61.9 Å². The van der Waals surface area contributed by atoms with Gasteiger partial charge in [-0.15, -0.1) is 0 Å². The Kier molecular flexibility index (Phi) is 5.39. The second-order valence-corrected chi connectivity index (χ2v) is 7.74. The quantitative estimate of drug-likeness (QED) is 0.899. The summed E-state index contributed by atoms with van der Waals surface area (Å²) >= 11 is 0.